The highest BCUT2D eigenvalue weighted by Crippen LogP contribution is 2.35. The number of fused-ring (bicyclic) bond motifs is 1. The molecule has 39 heavy (non-hydrogen) atoms. The maximum Gasteiger partial charge on any atom is 0.313 e. The zero-order chi connectivity index (χ0) is 27.5. The van der Waals surface area contributed by atoms with E-state index in [2.05, 4.69) is 10.1 Å². The molecule has 0 saturated heterocycles. The van der Waals surface area contributed by atoms with Crippen molar-refractivity contribution in [2.24, 2.45) is 5.10 Å². The number of hydrogen-bond donors (Lipinski definition) is 0. The first kappa shape index (κ1) is 26.4. The van der Waals surface area contributed by atoms with Gasteiger partial charge in [-0.25, -0.2) is 4.98 Å². The minimum Gasteiger partial charge on any atom is -0.481 e. The van der Waals surface area contributed by atoms with Gasteiger partial charge in [0.1, 0.15) is 6.61 Å². The highest BCUT2D eigenvalue weighted by molar-refractivity contribution is 6.42. The van der Waals surface area contributed by atoms with Gasteiger partial charge in [0.15, 0.2) is 5.82 Å². The van der Waals surface area contributed by atoms with Crippen LogP contribution in [0.1, 0.15) is 11.1 Å². The molecular formula is C28H17Cl3N4O4. The average molecular weight is 580 g/mol. The van der Waals surface area contributed by atoms with Gasteiger partial charge in [-0.05, 0) is 35.9 Å². The fourth-order valence-electron chi connectivity index (χ4n) is 3.90. The molecule has 4 aromatic carbocycles. The van der Waals surface area contributed by atoms with Crippen LogP contribution < -0.4 is 10.3 Å². The molecule has 5 rings (SSSR count). The third kappa shape index (κ3) is 5.63. The van der Waals surface area contributed by atoms with E-state index in [4.69, 9.17) is 39.5 Å². The van der Waals surface area contributed by atoms with E-state index in [0.29, 0.717) is 37.9 Å². The maximum absolute atomic E-state index is 13.5. The maximum atomic E-state index is 13.5. The number of benzene rings is 4. The van der Waals surface area contributed by atoms with Crippen LogP contribution in [-0.4, -0.2) is 20.8 Å². The Morgan fingerprint density at radius 1 is 0.949 bits per heavy atom. The molecule has 0 aliphatic heterocycles. The molecule has 0 saturated carbocycles. The molecule has 0 bridgehead atoms. The smallest absolute Gasteiger partial charge is 0.313 e. The van der Waals surface area contributed by atoms with E-state index in [1.54, 1.807) is 54.6 Å². The Morgan fingerprint density at radius 3 is 2.44 bits per heavy atom. The van der Waals surface area contributed by atoms with Crippen molar-refractivity contribution in [2.75, 3.05) is 0 Å². The summed E-state index contributed by atoms with van der Waals surface area (Å²) in [5.41, 5.74) is 1.22. The zero-order valence-corrected chi connectivity index (χ0v) is 22.2. The fourth-order valence-corrected chi connectivity index (χ4v) is 4.44. The molecule has 0 unspecified atom stereocenters. The summed E-state index contributed by atoms with van der Waals surface area (Å²) >= 11 is 18.3. The van der Waals surface area contributed by atoms with Crippen molar-refractivity contribution in [1.82, 2.24) is 9.66 Å². The van der Waals surface area contributed by atoms with Gasteiger partial charge in [-0.2, -0.15) is 9.78 Å². The van der Waals surface area contributed by atoms with Gasteiger partial charge in [-0.3, -0.25) is 14.9 Å². The first-order valence-electron chi connectivity index (χ1n) is 11.5. The minimum absolute atomic E-state index is 0.0487. The Bertz CT molecular complexity index is 1810. The molecule has 1 heterocycles. The van der Waals surface area contributed by atoms with Crippen molar-refractivity contribution in [3.05, 3.63) is 132 Å². The van der Waals surface area contributed by atoms with Crippen molar-refractivity contribution in [3.63, 3.8) is 0 Å². The Kier molecular flexibility index (Phi) is 7.60. The summed E-state index contributed by atoms with van der Waals surface area (Å²) < 4.78 is 7.02. The lowest BCUT2D eigenvalue weighted by atomic mass is 10.1. The van der Waals surface area contributed by atoms with Crippen molar-refractivity contribution in [2.45, 2.75) is 6.61 Å². The van der Waals surface area contributed by atoms with Crippen LogP contribution in [0.3, 0.4) is 0 Å². The first-order valence-corrected chi connectivity index (χ1v) is 12.6. The fraction of sp³-hybridized carbons (Fsp3) is 0.0357. The predicted molar refractivity (Wildman–Crippen MR) is 153 cm³/mol. The van der Waals surface area contributed by atoms with Crippen molar-refractivity contribution < 1.29 is 9.66 Å². The lowest BCUT2D eigenvalue weighted by Crippen LogP contribution is -2.20. The molecular weight excluding hydrogens is 563 g/mol. The number of nitro benzene ring substituents is 1. The highest BCUT2D eigenvalue weighted by atomic mass is 35.5. The molecule has 1 aromatic heterocycles. The molecule has 0 aliphatic rings. The number of nitrogens with zero attached hydrogens (tertiary/aromatic N) is 4. The van der Waals surface area contributed by atoms with E-state index < -0.39 is 10.5 Å². The van der Waals surface area contributed by atoms with Crippen LogP contribution in [0, 0.1) is 10.1 Å². The molecule has 0 fully saturated rings. The third-order valence-corrected chi connectivity index (χ3v) is 6.68. The normalized spacial score (nSPS) is 11.3. The third-order valence-electron chi connectivity index (χ3n) is 5.72. The molecule has 0 N–H and O–H groups in total. The van der Waals surface area contributed by atoms with Gasteiger partial charge in [0, 0.05) is 22.2 Å². The van der Waals surface area contributed by atoms with Crippen LogP contribution >= 0.6 is 34.8 Å². The van der Waals surface area contributed by atoms with Gasteiger partial charge in [0.2, 0.25) is 5.75 Å². The minimum atomic E-state index is -0.605. The number of hydrogen-bond acceptors (Lipinski definition) is 6. The summed E-state index contributed by atoms with van der Waals surface area (Å²) in [5.74, 6) is 0.215. The summed E-state index contributed by atoms with van der Waals surface area (Å²) in [6.45, 7) is -0.0487. The van der Waals surface area contributed by atoms with E-state index in [0.717, 1.165) is 4.68 Å². The quantitative estimate of drug-likeness (QED) is 0.114. The molecule has 5 aromatic rings. The van der Waals surface area contributed by atoms with Crippen molar-refractivity contribution in [1.29, 1.82) is 0 Å². The van der Waals surface area contributed by atoms with E-state index in [1.807, 2.05) is 18.2 Å². The van der Waals surface area contributed by atoms with Crippen LogP contribution in [0.25, 0.3) is 22.3 Å². The summed E-state index contributed by atoms with van der Waals surface area (Å²) in [6.07, 6.45) is 1.29. The van der Waals surface area contributed by atoms with Crippen LogP contribution in [0.2, 0.25) is 15.1 Å². The van der Waals surface area contributed by atoms with Crippen LogP contribution in [0.15, 0.2) is 94.8 Å². The topological polar surface area (TPSA) is 99.6 Å². The second kappa shape index (κ2) is 11.2. The Balaban J connectivity index is 1.63. The van der Waals surface area contributed by atoms with Gasteiger partial charge in [0.05, 0.1) is 32.1 Å². The van der Waals surface area contributed by atoms with Crippen LogP contribution in [-0.2, 0) is 6.61 Å². The number of halogens is 3. The first-order chi connectivity index (χ1) is 18.8. The Hall–Kier alpha value is -4.24. The number of aromatic nitrogens is 2. The zero-order valence-electron chi connectivity index (χ0n) is 19.9. The highest BCUT2D eigenvalue weighted by Gasteiger charge is 2.21. The largest absolute Gasteiger partial charge is 0.481 e. The van der Waals surface area contributed by atoms with Crippen LogP contribution in [0.5, 0.6) is 5.75 Å². The van der Waals surface area contributed by atoms with E-state index in [-0.39, 0.29) is 28.6 Å². The molecule has 0 spiro atoms. The number of rotatable bonds is 7. The van der Waals surface area contributed by atoms with Gasteiger partial charge >= 0.3 is 5.69 Å². The molecule has 0 atom stereocenters. The van der Waals surface area contributed by atoms with Crippen molar-refractivity contribution in [3.8, 4) is 17.1 Å². The van der Waals surface area contributed by atoms with E-state index >= 15 is 0 Å². The van der Waals surface area contributed by atoms with E-state index in [1.165, 1.54) is 18.3 Å². The number of nitro groups is 1. The summed E-state index contributed by atoms with van der Waals surface area (Å²) in [4.78, 5) is 29.4. The molecule has 194 valence electrons. The number of para-hydroxylation sites is 1. The Labute approximate surface area is 236 Å². The lowest BCUT2D eigenvalue weighted by molar-refractivity contribution is -0.385. The van der Waals surface area contributed by atoms with Gasteiger partial charge in [0.25, 0.3) is 5.56 Å². The average Bonchev–Trinajstić information content (AvgIpc) is 2.93. The molecule has 0 radical (unpaired) electrons. The predicted octanol–water partition coefficient (Wildman–Crippen LogP) is 7.39. The van der Waals surface area contributed by atoms with Crippen LogP contribution in [0.4, 0.5) is 5.69 Å². The summed E-state index contributed by atoms with van der Waals surface area (Å²) in [5, 5.41) is 17.4. The van der Waals surface area contributed by atoms with Gasteiger partial charge < -0.3 is 4.74 Å². The SMILES string of the molecule is O=c1c2ccccc2nc(-c2ccccc2)n1N=Cc1cc(Cl)cc([N+](=O)[O-])c1OCc1ccc(Cl)c(Cl)c1. The number of ether oxygens (including phenoxy) is 1. The molecule has 0 amide bonds. The Morgan fingerprint density at radius 2 is 1.69 bits per heavy atom. The molecule has 11 heteroatoms. The van der Waals surface area contributed by atoms with Gasteiger partial charge in [-0.1, -0.05) is 83.3 Å². The van der Waals surface area contributed by atoms with Gasteiger partial charge in [-0.15, -0.1) is 0 Å². The molecule has 8 nitrogen and oxygen atoms in total. The lowest BCUT2D eigenvalue weighted by Gasteiger charge is -2.12. The second-order valence-electron chi connectivity index (χ2n) is 8.32. The molecule has 0 aliphatic carbocycles. The van der Waals surface area contributed by atoms with E-state index in [9.17, 15) is 14.9 Å². The monoisotopic (exact) mass is 578 g/mol. The standard InChI is InChI=1S/C28H17Cl3N4O4/c29-20-13-19(26(25(14-20)35(37)38)39-16-17-10-11-22(30)23(31)12-17)15-32-34-27(18-6-2-1-3-7-18)33-24-9-5-4-8-21(24)28(34)36/h1-15H,16H2. The summed E-state index contributed by atoms with van der Waals surface area (Å²) in [7, 11) is 0. The second-order valence-corrected chi connectivity index (χ2v) is 9.57. The summed E-state index contributed by atoms with van der Waals surface area (Å²) in [6, 6.07) is 23.6. The van der Waals surface area contributed by atoms with Crippen molar-refractivity contribution >= 4 is 57.6 Å².